The molecular weight excluding hydrogens is 323 g/mol. The number of benzene rings is 2. The maximum absolute atomic E-state index is 13.1. The largest absolute Gasteiger partial charge is 0.326 e. The zero-order valence-corrected chi connectivity index (χ0v) is 13.4. The topological polar surface area (TPSA) is 76.0 Å². The number of aromatic nitrogens is 2. The highest BCUT2D eigenvalue weighted by atomic mass is 19.1. The molecule has 0 aliphatic rings. The van der Waals surface area contributed by atoms with E-state index in [9.17, 15) is 14.0 Å². The second kappa shape index (κ2) is 6.96. The van der Waals surface area contributed by atoms with Crippen molar-refractivity contribution < 1.29 is 14.0 Å². The van der Waals surface area contributed by atoms with Crippen LogP contribution in [0.4, 0.5) is 15.8 Å². The molecule has 0 saturated carbocycles. The van der Waals surface area contributed by atoms with Crippen molar-refractivity contribution in [2.75, 3.05) is 10.6 Å². The van der Waals surface area contributed by atoms with Crippen LogP contribution in [0.3, 0.4) is 0 Å². The van der Waals surface area contributed by atoms with Crippen LogP contribution >= 0.6 is 0 Å². The standard InChI is InChI=1S/C18H15FN4O2/c1-12(24)21-14-3-2-4-15(9-14)22-18(25)17-10-20-11-23(17)16-7-5-13(19)6-8-16/h2-11H,1H3,(H,21,24)(H,22,25). The molecule has 0 aliphatic heterocycles. The number of imidazole rings is 1. The number of carbonyl (C=O) groups excluding carboxylic acids is 2. The number of rotatable bonds is 4. The fourth-order valence-corrected chi connectivity index (χ4v) is 2.34. The fraction of sp³-hybridized carbons (Fsp3) is 0.0556. The van der Waals surface area contributed by atoms with Gasteiger partial charge in [-0.3, -0.25) is 14.2 Å². The summed E-state index contributed by atoms with van der Waals surface area (Å²) in [6, 6.07) is 12.6. The van der Waals surface area contributed by atoms with Crippen LogP contribution in [0, 0.1) is 5.82 Å². The number of anilines is 2. The number of hydrogen-bond acceptors (Lipinski definition) is 3. The average Bonchev–Trinajstić information content (AvgIpc) is 3.05. The van der Waals surface area contributed by atoms with E-state index in [0.717, 1.165) is 0 Å². The van der Waals surface area contributed by atoms with E-state index in [0.29, 0.717) is 22.8 Å². The second-order valence-electron chi connectivity index (χ2n) is 5.34. The summed E-state index contributed by atoms with van der Waals surface area (Å²) in [6.07, 6.45) is 2.91. The summed E-state index contributed by atoms with van der Waals surface area (Å²) in [5.74, 6) is -0.927. The van der Waals surface area contributed by atoms with Crippen molar-refractivity contribution in [3.8, 4) is 5.69 Å². The fourth-order valence-electron chi connectivity index (χ4n) is 2.34. The number of halogens is 1. The maximum Gasteiger partial charge on any atom is 0.274 e. The molecule has 1 aromatic heterocycles. The summed E-state index contributed by atoms with van der Waals surface area (Å²) in [5, 5.41) is 5.41. The van der Waals surface area contributed by atoms with Crippen LogP contribution in [0.5, 0.6) is 0 Å². The van der Waals surface area contributed by atoms with Gasteiger partial charge in [0.1, 0.15) is 11.5 Å². The summed E-state index contributed by atoms with van der Waals surface area (Å²) in [7, 11) is 0. The van der Waals surface area contributed by atoms with Crippen LogP contribution in [0.2, 0.25) is 0 Å². The molecular formula is C18H15FN4O2. The normalized spacial score (nSPS) is 10.3. The first-order chi connectivity index (χ1) is 12.0. The molecule has 6 nitrogen and oxygen atoms in total. The van der Waals surface area contributed by atoms with Gasteiger partial charge in [-0.05, 0) is 42.5 Å². The molecule has 0 fully saturated rings. The van der Waals surface area contributed by atoms with Gasteiger partial charge in [-0.15, -0.1) is 0 Å². The number of carbonyl (C=O) groups is 2. The third-order valence-corrected chi connectivity index (χ3v) is 3.42. The molecule has 3 aromatic rings. The quantitative estimate of drug-likeness (QED) is 0.767. The number of nitrogens with zero attached hydrogens (tertiary/aromatic N) is 2. The smallest absolute Gasteiger partial charge is 0.274 e. The molecule has 0 aliphatic carbocycles. The van der Waals surface area contributed by atoms with Gasteiger partial charge in [-0.2, -0.15) is 0 Å². The van der Waals surface area contributed by atoms with E-state index >= 15 is 0 Å². The van der Waals surface area contributed by atoms with Gasteiger partial charge < -0.3 is 10.6 Å². The van der Waals surface area contributed by atoms with Gasteiger partial charge in [0.25, 0.3) is 5.91 Å². The Balaban J connectivity index is 1.82. The Hall–Kier alpha value is -3.48. The third kappa shape index (κ3) is 3.89. The van der Waals surface area contributed by atoms with Gasteiger partial charge in [0.15, 0.2) is 0 Å². The summed E-state index contributed by atoms with van der Waals surface area (Å²) in [4.78, 5) is 27.7. The molecule has 0 bridgehead atoms. The van der Waals surface area contributed by atoms with E-state index in [2.05, 4.69) is 15.6 Å². The SMILES string of the molecule is CC(=O)Nc1cccc(NC(=O)c2cncn2-c2ccc(F)cc2)c1. The Morgan fingerprint density at radius 3 is 2.40 bits per heavy atom. The van der Waals surface area contributed by atoms with Crippen molar-refractivity contribution in [3.63, 3.8) is 0 Å². The first kappa shape index (κ1) is 16.4. The summed E-state index contributed by atoms with van der Waals surface area (Å²) in [6.45, 7) is 1.41. The Kier molecular flexibility index (Phi) is 4.56. The minimum atomic E-state index is -0.373. The number of amides is 2. The summed E-state index contributed by atoms with van der Waals surface area (Å²) >= 11 is 0. The highest BCUT2D eigenvalue weighted by molar-refractivity contribution is 6.03. The van der Waals surface area contributed by atoms with E-state index in [4.69, 9.17) is 0 Å². The molecule has 25 heavy (non-hydrogen) atoms. The van der Waals surface area contributed by atoms with E-state index in [1.54, 1.807) is 41.0 Å². The second-order valence-corrected chi connectivity index (χ2v) is 5.34. The molecule has 0 radical (unpaired) electrons. The Bertz CT molecular complexity index is 919. The zero-order valence-electron chi connectivity index (χ0n) is 13.4. The van der Waals surface area contributed by atoms with E-state index in [1.807, 2.05) is 0 Å². The number of nitrogens with one attached hydrogen (secondary N) is 2. The molecule has 0 unspecified atom stereocenters. The van der Waals surface area contributed by atoms with E-state index in [-0.39, 0.29) is 17.6 Å². The molecule has 126 valence electrons. The predicted octanol–water partition coefficient (Wildman–Crippen LogP) is 3.22. The number of hydrogen-bond donors (Lipinski definition) is 2. The van der Waals surface area contributed by atoms with Crippen molar-refractivity contribution in [1.29, 1.82) is 0 Å². The molecule has 2 N–H and O–H groups in total. The van der Waals surface area contributed by atoms with Gasteiger partial charge in [0, 0.05) is 24.0 Å². The van der Waals surface area contributed by atoms with Gasteiger partial charge in [0.2, 0.25) is 5.91 Å². The third-order valence-electron chi connectivity index (χ3n) is 3.42. The van der Waals surface area contributed by atoms with Gasteiger partial charge in [-0.25, -0.2) is 9.37 Å². The highest BCUT2D eigenvalue weighted by Crippen LogP contribution is 2.17. The molecule has 2 aromatic carbocycles. The molecule has 3 rings (SSSR count). The van der Waals surface area contributed by atoms with Crippen LogP contribution in [-0.4, -0.2) is 21.4 Å². The lowest BCUT2D eigenvalue weighted by Crippen LogP contribution is -2.16. The Labute approximate surface area is 143 Å². The van der Waals surface area contributed by atoms with E-state index < -0.39 is 0 Å². The summed E-state index contributed by atoms with van der Waals surface area (Å²) < 4.78 is 14.6. The van der Waals surface area contributed by atoms with Crippen molar-refractivity contribution in [3.05, 3.63) is 72.6 Å². The minimum Gasteiger partial charge on any atom is -0.326 e. The first-order valence-corrected chi connectivity index (χ1v) is 7.50. The molecule has 0 saturated heterocycles. The zero-order chi connectivity index (χ0) is 17.8. The first-order valence-electron chi connectivity index (χ1n) is 7.50. The molecule has 0 atom stereocenters. The molecule has 7 heteroatoms. The van der Waals surface area contributed by atoms with Gasteiger partial charge in [0.05, 0.1) is 12.5 Å². The van der Waals surface area contributed by atoms with Crippen molar-refractivity contribution in [2.45, 2.75) is 6.92 Å². The van der Waals surface area contributed by atoms with Crippen molar-refractivity contribution in [1.82, 2.24) is 9.55 Å². The minimum absolute atomic E-state index is 0.196. The van der Waals surface area contributed by atoms with Crippen molar-refractivity contribution in [2.24, 2.45) is 0 Å². The summed E-state index contributed by atoms with van der Waals surface area (Å²) in [5.41, 5.74) is 2.04. The lowest BCUT2D eigenvalue weighted by Gasteiger charge is -2.10. The van der Waals surface area contributed by atoms with Crippen LogP contribution in [-0.2, 0) is 4.79 Å². The molecule has 0 spiro atoms. The monoisotopic (exact) mass is 338 g/mol. The van der Waals surface area contributed by atoms with Gasteiger partial charge >= 0.3 is 0 Å². The van der Waals surface area contributed by atoms with Gasteiger partial charge in [-0.1, -0.05) is 6.07 Å². The maximum atomic E-state index is 13.1. The van der Waals surface area contributed by atoms with Crippen molar-refractivity contribution >= 4 is 23.2 Å². The lowest BCUT2D eigenvalue weighted by molar-refractivity contribution is -0.114. The Morgan fingerprint density at radius 2 is 1.72 bits per heavy atom. The van der Waals surface area contributed by atoms with Crippen LogP contribution < -0.4 is 10.6 Å². The van der Waals surface area contributed by atoms with Crippen LogP contribution in [0.1, 0.15) is 17.4 Å². The van der Waals surface area contributed by atoms with Crippen LogP contribution in [0.25, 0.3) is 5.69 Å². The highest BCUT2D eigenvalue weighted by Gasteiger charge is 2.13. The predicted molar refractivity (Wildman–Crippen MR) is 92.2 cm³/mol. The van der Waals surface area contributed by atoms with E-state index in [1.165, 1.54) is 31.6 Å². The van der Waals surface area contributed by atoms with Crippen LogP contribution in [0.15, 0.2) is 61.1 Å². The Morgan fingerprint density at radius 1 is 1.04 bits per heavy atom. The average molecular weight is 338 g/mol. The molecule has 2 amide bonds. The lowest BCUT2D eigenvalue weighted by atomic mass is 10.2. The molecule has 1 heterocycles.